The smallest absolute Gasteiger partial charge is 0.191 e. The largest absolute Gasteiger partial charge is 0.489 e. The Morgan fingerprint density at radius 3 is 2.69 bits per heavy atom. The van der Waals surface area contributed by atoms with Crippen molar-refractivity contribution in [2.45, 2.75) is 19.4 Å². The summed E-state index contributed by atoms with van der Waals surface area (Å²) in [5.74, 6) is 1.04. The number of nitrogens with zero attached hydrogens (tertiary/aromatic N) is 2. The van der Waals surface area contributed by atoms with Gasteiger partial charge in [0.1, 0.15) is 28.6 Å². The van der Waals surface area contributed by atoms with Crippen LogP contribution in [0.4, 0.5) is 0 Å². The molecule has 0 aliphatic heterocycles. The third kappa shape index (κ3) is 9.57. The van der Waals surface area contributed by atoms with Gasteiger partial charge in [-0.25, -0.2) is 4.98 Å². The molecule has 160 valence electrons. The molecule has 0 saturated carbocycles. The third-order valence-corrected chi connectivity index (χ3v) is 4.67. The van der Waals surface area contributed by atoms with E-state index in [-0.39, 0.29) is 37.1 Å². The van der Waals surface area contributed by atoms with Crippen LogP contribution in [0.1, 0.15) is 12.5 Å². The predicted molar refractivity (Wildman–Crippen MR) is 130 cm³/mol. The van der Waals surface area contributed by atoms with Crippen LogP contribution in [-0.2, 0) is 6.42 Å². The van der Waals surface area contributed by atoms with Crippen molar-refractivity contribution in [2.24, 2.45) is 4.99 Å². The molecule has 0 saturated heterocycles. The van der Waals surface area contributed by atoms with E-state index in [2.05, 4.69) is 20.6 Å². The minimum Gasteiger partial charge on any atom is -0.489 e. The summed E-state index contributed by atoms with van der Waals surface area (Å²) < 4.78 is 5.53. The molecule has 0 aliphatic carbocycles. The van der Waals surface area contributed by atoms with Crippen molar-refractivity contribution in [3.05, 3.63) is 57.3 Å². The molecule has 0 radical (unpaired) electrons. The van der Waals surface area contributed by atoms with E-state index < -0.39 is 6.10 Å². The Kier molecular flexibility index (Phi) is 12.6. The SMILES string of the molecule is CCNC(=NCC(O)COc1cccc(Cl)c1Cl)NCCc1ccc(Cl)nc1.I. The first-order valence-corrected chi connectivity index (χ1v) is 10.0. The van der Waals surface area contributed by atoms with Gasteiger partial charge >= 0.3 is 0 Å². The molecule has 1 aromatic heterocycles. The summed E-state index contributed by atoms with van der Waals surface area (Å²) >= 11 is 17.8. The fraction of sp³-hybridized carbons (Fsp3) is 0.368. The first-order chi connectivity index (χ1) is 13.5. The topological polar surface area (TPSA) is 78.8 Å². The summed E-state index contributed by atoms with van der Waals surface area (Å²) in [7, 11) is 0. The van der Waals surface area contributed by atoms with Crippen LogP contribution in [0.3, 0.4) is 0 Å². The number of aliphatic imine (C=N–C) groups is 1. The summed E-state index contributed by atoms with van der Waals surface area (Å²) in [4.78, 5) is 8.44. The Bertz CT molecular complexity index is 779. The van der Waals surface area contributed by atoms with Crippen LogP contribution in [0.15, 0.2) is 41.5 Å². The average Bonchev–Trinajstić information content (AvgIpc) is 2.68. The van der Waals surface area contributed by atoms with Crippen molar-refractivity contribution in [1.29, 1.82) is 0 Å². The van der Waals surface area contributed by atoms with Gasteiger partial charge < -0.3 is 20.5 Å². The first kappa shape index (κ1) is 26.0. The number of aliphatic hydroxyl groups excluding tert-OH is 1. The molecule has 3 N–H and O–H groups in total. The van der Waals surface area contributed by atoms with E-state index in [0.717, 1.165) is 12.0 Å². The number of nitrogens with one attached hydrogen (secondary N) is 2. The minimum absolute atomic E-state index is 0. The predicted octanol–water partition coefficient (Wildman–Crippen LogP) is 4.20. The zero-order valence-electron chi connectivity index (χ0n) is 15.9. The zero-order valence-corrected chi connectivity index (χ0v) is 20.5. The molecule has 0 fully saturated rings. The maximum atomic E-state index is 10.1. The molecule has 2 aromatic rings. The van der Waals surface area contributed by atoms with Crippen molar-refractivity contribution < 1.29 is 9.84 Å². The lowest BCUT2D eigenvalue weighted by molar-refractivity contribution is 0.114. The number of guanidine groups is 1. The van der Waals surface area contributed by atoms with E-state index in [0.29, 0.717) is 40.0 Å². The highest BCUT2D eigenvalue weighted by Gasteiger charge is 2.09. The van der Waals surface area contributed by atoms with Gasteiger partial charge in [0.15, 0.2) is 5.96 Å². The highest BCUT2D eigenvalue weighted by molar-refractivity contribution is 14.0. The molecule has 0 bridgehead atoms. The molecule has 0 spiro atoms. The van der Waals surface area contributed by atoms with Gasteiger partial charge in [0.05, 0.1) is 11.6 Å². The van der Waals surface area contributed by atoms with E-state index in [9.17, 15) is 5.11 Å². The van der Waals surface area contributed by atoms with Gasteiger partial charge in [-0.1, -0.05) is 46.9 Å². The van der Waals surface area contributed by atoms with Gasteiger partial charge in [-0.05, 0) is 37.1 Å². The second-order valence-corrected chi connectivity index (χ2v) is 7.07. The number of aromatic nitrogens is 1. The zero-order chi connectivity index (χ0) is 20.4. The Morgan fingerprint density at radius 2 is 2.00 bits per heavy atom. The average molecular weight is 574 g/mol. The fourth-order valence-electron chi connectivity index (χ4n) is 2.25. The molecule has 2 rings (SSSR count). The molecule has 0 aliphatic rings. The van der Waals surface area contributed by atoms with Crippen molar-refractivity contribution >= 4 is 64.7 Å². The second-order valence-electron chi connectivity index (χ2n) is 5.90. The van der Waals surface area contributed by atoms with Crippen LogP contribution < -0.4 is 15.4 Å². The Hall–Kier alpha value is -1.000. The third-order valence-electron chi connectivity index (χ3n) is 3.65. The van der Waals surface area contributed by atoms with Gasteiger partial charge in [-0.15, -0.1) is 24.0 Å². The normalized spacial score (nSPS) is 12.1. The van der Waals surface area contributed by atoms with E-state index in [1.165, 1.54) is 0 Å². The lowest BCUT2D eigenvalue weighted by Crippen LogP contribution is -2.39. The molecule has 6 nitrogen and oxygen atoms in total. The standard InChI is InChI=1S/C19H23Cl3N4O2.HI/c1-2-23-19(24-9-8-13-6-7-17(21)25-10-13)26-11-14(27)12-28-16-5-3-4-15(20)18(16)22;/h3-7,10,14,27H,2,8-9,11-12H2,1H3,(H2,23,24,26);1H. The van der Waals surface area contributed by atoms with E-state index in [1.807, 2.05) is 13.0 Å². The van der Waals surface area contributed by atoms with Gasteiger partial charge in [0, 0.05) is 19.3 Å². The highest BCUT2D eigenvalue weighted by Crippen LogP contribution is 2.31. The minimum atomic E-state index is -0.786. The lowest BCUT2D eigenvalue weighted by atomic mass is 10.2. The quantitative estimate of drug-likeness (QED) is 0.182. The Morgan fingerprint density at radius 1 is 1.21 bits per heavy atom. The molecule has 1 aromatic carbocycles. The number of aliphatic hydroxyl groups is 1. The molecule has 1 unspecified atom stereocenters. The van der Waals surface area contributed by atoms with Gasteiger partial charge in [-0.3, -0.25) is 4.99 Å². The van der Waals surface area contributed by atoms with E-state index in [4.69, 9.17) is 39.5 Å². The van der Waals surface area contributed by atoms with Crippen LogP contribution in [0.5, 0.6) is 5.75 Å². The maximum Gasteiger partial charge on any atom is 0.191 e. The fourth-order valence-corrected chi connectivity index (χ4v) is 2.71. The summed E-state index contributed by atoms with van der Waals surface area (Å²) in [6, 6.07) is 8.80. The van der Waals surface area contributed by atoms with Crippen LogP contribution >= 0.6 is 58.8 Å². The van der Waals surface area contributed by atoms with Gasteiger partial charge in [-0.2, -0.15) is 0 Å². The summed E-state index contributed by atoms with van der Waals surface area (Å²) in [6.45, 7) is 3.58. The van der Waals surface area contributed by atoms with Gasteiger partial charge in [0.25, 0.3) is 0 Å². The summed E-state index contributed by atoms with van der Waals surface area (Å²) in [5, 5.41) is 17.7. The monoisotopic (exact) mass is 572 g/mol. The van der Waals surface area contributed by atoms with Crippen molar-refractivity contribution in [1.82, 2.24) is 15.6 Å². The summed E-state index contributed by atoms with van der Waals surface area (Å²) in [5.41, 5.74) is 1.07. The molecule has 10 heteroatoms. The maximum absolute atomic E-state index is 10.1. The van der Waals surface area contributed by atoms with Gasteiger partial charge in [0.2, 0.25) is 0 Å². The molecule has 29 heavy (non-hydrogen) atoms. The number of hydrogen-bond acceptors (Lipinski definition) is 4. The van der Waals surface area contributed by atoms with Crippen LogP contribution in [-0.4, -0.2) is 48.4 Å². The Labute approximate surface area is 203 Å². The van der Waals surface area contributed by atoms with Crippen molar-refractivity contribution in [2.75, 3.05) is 26.2 Å². The molecule has 1 atom stereocenters. The molecule has 0 amide bonds. The van der Waals surface area contributed by atoms with Crippen LogP contribution in [0.2, 0.25) is 15.2 Å². The summed E-state index contributed by atoms with van der Waals surface area (Å²) in [6.07, 6.45) is 1.73. The van der Waals surface area contributed by atoms with E-state index >= 15 is 0 Å². The molecular formula is C19H24Cl3IN4O2. The number of hydrogen-bond donors (Lipinski definition) is 3. The first-order valence-electron chi connectivity index (χ1n) is 8.87. The number of pyridine rings is 1. The van der Waals surface area contributed by atoms with Crippen LogP contribution in [0.25, 0.3) is 0 Å². The number of rotatable bonds is 9. The Balaban J connectivity index is 0.00000420. The highest BCUT2D eigenvalue weighted by atomic mass is 127. The molecule has 1 heterocycles. The van der Waals surface area contributed by atoms with Crippen LogP contribution in [0, 0.1) is 0 Å². The number of benzene rings is 1. The lowest BCUT2D eigenvalue weighted by Gasteiger charge is -2.14. The number of ether oxygens (including phenoxy) is 1. The molecular weight excluding hydrogens is 549 g/mol. The van der Waals surface area contributed by atoms with Crippen molar-refractivity contribution in [3.63, 3.8) is 0 Å². The second kappa shape index (κ2) is 14.1. The van der Waals surface area contributed by atoms with Crippen molar-refractivity contribution in [3.8, 4) is 5.75 Å². The number of halogens is 4. The van der Waals surface area contributed by atoms with E-state index in [1.54, 1.807) is 30.5 Å².